The van der Waals surface area contributed by atoms with Crippen LogP contribution in [0.3, 0.4) is 0 Å². The molecule has 0 unspecified atom stereocenters. The first kappa shape index (κ1) is 15.6. The highest BCUT2D eigenvalue weighted by Gasteiger charge is 2.12. The molecule has 1 amide bonds. The molecule has 2 rings (SSSR count). The average Bonchev–Trinajstić information content (AvgIpc) is 2.49. The number of para-hydroxylation sites is 2. The minimum atomic E-state index is -0.305. The van der Waals surface area contributed by atoms with Crippen LogP contribution < -0.4 is 10.1 Å². The molecule has 5 heteroatoms. The zero-order valence-electron chi connectivity index (χ0n) is 12.4. The summed E-state index contributed by atoms with van der Waals surface area (Å²) in [5.74, 6) is 0.156. The summed E-state index contributed by atoms with van der Waals surface area (Å²) in [6, 6.07) is 11.5. The molecule has 0 aliphatic rings. The Balaban J connectivity index is 2.19. The molecule has 114 valence electrons. The fourth-order valence-corrected chi connectivity index (χ4v) is 2.08. The zero-order valence-corrected chi connectivity index (χ0v) is 12.4. The quantitative estimate of drug-likeness (QED) is 0.657. The summed E-state index contributed by atoms with van der Waals surface area (Å²) in [7, 11) is 1.51. The third-order valence-corrected chi connectivity index (χ3v) is 3.22. The van der Waals surface area contributed by atoms with Crippen LogP contribution in [0.15, 0.2) is 42.5 Å². The highest BCUT2D eigenvalue weighted by atomic mass is 16.5. The first-order valence-electron chi connectivity index (χ1n) is 6.77. The Kier molecular flexibility index (Phi) is 4.78. The number of methoxy groups -OCH3 is 1. The van der Waals surface area contributed by atoms with E-state index in [1.54, 1.807) is 36.4 Å². The molecular weight excluding hydrogens is 282 g/mol. The second-order valence-electron chi connectivity index (χ2n) is 4.82. The number of carbonyl (C=O) groups is 2. The van der Waals surface area contributed by atoms with E-state index >= 15 is 0 Å². The maximum Gasteiger partial charge on any atom is 0.229 e. The molecule has 0 bridgehead atoms. The minimum Gasteiger partial charge on any atom is -0.506 e. The molecule has 0 saturated heterocycles. The van der Waals surface area contributed by atoms with Crippen LogP contribution in [0.25, 0.3) is 0 Å². The van der Waals surface area contributed by atoms with Gasteiger partial charge in [-0.2, -0.15) is 0 Å². The van der Waals surface area contributed by atoms with Gasteiger partial charge in [0.25, 0.3) is 0 Å². The van der Waals surface area contributed by atoms with E-state index in [1.807, 2.05) is 0 Å². The maximum absolute atomic E-state index is 12.1. The van der Waals surface area contributed by atoms with Gasteiger partial charge in [0.05, 0.1) is 19.2 Å². The normalized spacial score (nSPS) is 10.1. The number of rotatable bonds is 5. The van der Waals surface area contributed by atoms with Crippen molar-refractivity contribution in [2.45, 2.75) is 13.3 Å². The highest BCUT2D eigenvalue weighted by Crippen LogP contribution is 2.24. The number of ether oxygens (including phenoxy) is 1. The van der Waals surface area contributed by atoms with E-state index < -0.39 is 0 Å². The summed E-state index contributed by atoms with van der Waals surface area (Å²) in [6.07, 6.45) is 0.0403. The van der Waals surface area contributed by atoms with Gasteiger partial charge in [-0.15, -0.1) is 0 Å². The summed E-state index contributed by atoms with van der Waals surface area (Å²) in [5, 5.41) is 12.3. The molecule has 0 atom stereocenters. The van der Waals surface area contributed by atoms with Gasteiger partial charge < -0.3 is 15.2 Å². The van der Waals surface area contributed by atoms with Gasteiger partial charge in [-0.3, -0.25) is 9.59 Å². The van der Waals surface area contributed by atoms with Crippen LogP contribution in [-0.2, 0) is 11.2 Å². The van der Waals surface area contributed by atoms with E-state index in [0.717, 1.165) is 0 Å². The molecule has 2 aromatic rings. The first-order chi connectivity index (χ1) is 10.5. The lowest BCUT2D eigenvalue weighted by Gasteiger charge is -2.11. The Morgan fingerprint density at radius 3 is 2.55 bits per heavy atom. The van der Waals surface area contributed by atoms with Gasteiger partial charge in [0.15, 0.2) is 5.78 Å². The van der Waals surface area contributed by atoms with Crippen LogP contribution in [0.1, 0.15) is 22.8 Å². The van der Waals surface area contributed by atoms with Crippen LogP contribution >= 0.6 is 0 Å². The molecule has 0 aliphatic carbocycles. The number of benzene rings is 2. The van der Waals surface area contributed by atoms with Crippen molar-refractivity contribution >= 4 is 17.4 Å². The molecule has 2 aromatic carbocycles. The van der Waals surface area contributed by atoms with Crippen molar-refractivity contribution in [1.82, 2.24) is 0 Å². The van der Waals surface area contributed by atoms with Gasteiger partial charge in [-0.25, -0.2) is 0 Å². The third-order valence-electron chi connectivity index (χ3n) is 3.22. The Bertz CT molecular complexity index is 710. The van der Waals surface area contributed by atoms with Crippen molar-refractivity contribution < 1.29 is 19.4 Å². The van der Waals surface area contributed by atoms with Crippen molar-refractivity contribution in [1.29, 1.82) is 0 Å². The number of phenolic OH excluding ortho intramolecular Hbond substituents is 1. The highest BCUT2D eigenvalue weighted by molar-refractivity contribution is 5.96. The summed E-state index contributed by atoms with van der Waals surface area (Å²) in [6.45, 7) is 1.47. The SMILES string of the molecule is COc1ccc(C(C)=O)cc1CC(=O)Nc1ccccc1O. The van der Waals surface area contributed by atoms with Gasteiger partial charge in [-0.05, 0) is 37.3 Å². The number of amides is 1. The number of nitrogens with one attached hydrogen (secondary N) is 1. The van der Waals surface area contributed by atoms with Crippen LogP contribution in [-0.4, -0.2) is 23.9 Å². The standard InChI is InChI=1S/C17H17NO4/c1-11(19)12-7-8-16(22-2)13(9-12)10-17(21)18-14-5-3-4-6-15(14)20/h3-9,20H,10H2,1-2H3,(H,18,21). The smallest absolute Gasteiger partial charge is 0.229 e. The first-order valence-corrected chi connectivity index (χ1v) is 6.77. The van der Waals surface area contributed by atoms with Crippen LogP contribution in [0.5, 0.6) is 11.5 Å². The summed E-state index contributed by atoms with van der Waals surface area (Å²) in [4.78, 5) is 23.6. The van der Waals surface area contributed by atoms with Crippen molar-refractivity contribution in [3.63, 3.8) is 0 Å². The molecule has 0 fully saturated rings. The Labute approximate surface area is 128 Å². The lowest BCUT2D eigenvalue weighted by molar-refractivity contribution is -0.115. The summed E-state index contributed by atoms with van der Waals surface area (Å²) in [5.41, 5.74) is 1.48. The van der Waals surface area contributed by atoms with Gasteiger partial charge in [0.1, 0.15) is 11.5 Å². The summed E-state index contributed by atoms with van der Waals surface area (Å²) < 4.78 is 5.21. The third kappa shape index (κ3) is 3.63. The molecule has 0 aliphatic heterocycles. The fourth-order valence-electron chi connectivity index (χ4n) is 2.08. The molecule has 0 saturated carbocycles. The van der Waals surface area contributed by atoms with E-state index in [9.17, 15) is 14.7 Å². The molecule has 0 radical (unpaired) electrons. The van der Waals surface area contributed by atoms with Gasteiger partial charge in [-0.1, -0.05) is 12.1 Å². The minimum absolute atomic E-state index is 0.000279. The average molecular weight is 299 g/mol. The largest absolute Gasteiger partial charge is 0.506 e. The van der Waals surface area contributed by atoms with Crippen LogP contribution in [0.4, 0.5) is 5.69 Å². The number of carbonyl (C=O) groups excluding carboxylic acids is 2. The van der Waals surface area contributed by atoms with Gasteiger partial charge in [0, 0.05) is 11.1 Å². The van der Waals surface area contributed by atoms with E-state index in [4.69, 9.17) is 4.74 Å². The molecule has 0 heterocycles. The van der Waals surface area contributed by atoms with Crippen LogP contribution in [0.2, 0.25) is 0 Å². The number of anilines is 1. The fraction of sp³-hybridized carbons (Fsp3) is 0.176. The Morgan fingerprint density at radius 2 is 1.91 bits per heavy atom. The van der Waals surface area contributed by atoms with Crippen LogP contribution in [0, 0.1) is 0 Å². The Hall–Kier alpha value is -2.82. The molecule has 22 heavy (non-hydrogen) atoms. The number of ketones is 1. The Morgan fingerprint density at radius 1 is 1.18 bits per heavy atom. The number of hydrogen-bond acceptors (Lipinski definition) is 4. The molecular formula is C17H17NO4. The summed E-state index contributed by atoms with van der Waals surface area (Å²) >= 11 is 0. The van der Waals surface area contributed by atoms with Crippen molar-refractivity contribution in [3.05, 3.63) is 53.6 Å². The van der Waals surface area contributed by atoms with Crippen molar-refractivity contribution in [2.24, 2.45) is 0 Å². The second-order valence-corrected chi connectivity index (χ2v) is 4.82. The van der Waals surface area contributed by atoms with E-state index in [2.05, 4.69) is 5.32 Å². The molecule has 0 spiro atoms. The maximum atomic E-state index is 12.1. The second kappa shape index (κ2) is 6.76. The monoisotopic (exact) mass is 299 g/mol. The predicted octanol–water partition coefficient (Wildman–Crippen LogP) is 2.78. The number of aromatic hydroxyl groups is 1. The number of Topliss-reactive ketones (excluding diaryl/α,β-unsaturated/α-hetero) is 1. The van der Waals surface area contributed by atoms with Gasteiger partial charge in [0.2, 0.25) is 5.91 Å². The van der Waals surface area contributed by atoms with Crippen molar-refractivity contribution in [2.75, 3.05) is 12.4 Å². The molecule has 0 aromatic heterocycles. The van der Waals surface area contributed by atoms with E-state index in [0.29, 0.717) is 22.6 Å². The predicted molar refractivity (Wildman–Crippen MR) is 83.4 cm³/mol. The topological polar surface area (TPSA) is 75.6 Å². The molecule has 2 N–H and O–H groups in total. The zero-order chi connectivity index (χ0) is 16.1. The number of phenols is 1. The lowest BCUT2D eigenvalue weighted by Crippen LogP contribution is -2.15. The lowest BCUT2D eigenvalue weighted by atomic mass is 10.0. The molecule has 5 nitrogen and oxygen atoms in total. The van der Waals surface area contributed by atoms with Gasteiger partial charge >= 0.3 is 0 Å². The van der Waals surface area contributed by atoms with E-state index in [-0.39, 0.29) is 23.9 Å². The van der Waals surface area contributed by atoms with Crippen molar-refractivity contribution in [3.8, 4) is 11.5 Å². The number of hydrogen-bond donors (Lipinski definition) is 2. The van der Waals surface area contributed by atoms with E-state index in [1.165, 1.54) is 20.1 Å².